The second-order valence-electron chi connectivity index (χ2n) is 5.83. The predicted molar refractivity (Wildman–Crippen MR) is 98.1 cm³/mol. The van der Waals surface area contributed by atoms with Crippen LogP contribution in [0.15, 0.2) is 51.7 Å². The van der Waals surface area contributed by atoms with E-state index < -0.39 is 34.5 Å². The van der Waals surface area contributed by atoms with Crippen molar-refractivity contribution in [2.75, 3.05) is 5.32 Å². The van der Waals surface area contributed by atoms with Gasteiger partial charge in [-0.15, -0.1) is 0 Å². The number of nitrogens with zero attached hydrogens (tertiary/aromatic N) is 1. The Morgan fingerprint density at radius 3 is 2.26 bits per heavy atom. The largest absolute Gasteiger partial charge is 0.381 e. The highest BCUT2D eigenvalue weighted by Crippen LogP contribution is 2.23. The maximum atomic E-state index is 14.0. The van der Waals surface area contributed by atoms with Crippen LogP contribution < -0.4 is 10.9 Å². The molecule has 0 saturated heterocycles. The number of aromatic nitrogens is 1. The van der Waals surface area contributed by atoms with Gasteiger partial charge in [-0.25, -0.2) is 17.6 Å². The molecule has 0 amide bonds. The second-order valence-corrected chi connectivity index (χ2v) is 6.69. The van der Waals surface area contributed by atoms with Crippen molar-refractivity contribution in [3.63, 3.8) is 0 Å². The Morgan fingerprint density at radius 1 is 1.00 bits per heavy atom. The normalized spacial score (nSPS) is 10.9. The van der Waals surface area contributed by atoms with Crippen LogP contribution in [-0.4, -0.2) is 4.57 Å². The van der Waals surface area contributed by atoms with Crippen LogP contribution in [0, 0.1) is 30.2 Å². The lowest BCUT2D eigenvalue weighted by Gasteiger charge is -2.15. The monoisotopic (exact) mass is 440 g/mol. The molecule has 0 fully saturated rings. The highest BCUT2D eigenvalue weighted by atomic mass is 79.9. The van der Waals surface area contributed by atoms with E-state index in [1.807, 2.05) is 0 Å². The molecule has 27 heavy (non-hydrogen) atoms. The van der Waals surface area contributed by atoms with E-state index in [2.05, 4.69) is 21.2 Å². The van der Waals surface area contributed by atoms with E-state index in [0.29, 0.717) is 5.69 Å². The van der Waals surface area contributed by atoms with Crippen molar-refractivity contribution in [3.8, 4) is 5.69 Å². The number of pyridine rings is 1. The fraction of sp³-hybridized carbons (Fsp3) is 0.105. The molecular formula is C19H13BrF4N2O. The Balaban J connectivity index is 1.94. The van der Waals surface area contributed by atoms with Crippen molar-refractivity contribution in [3.05, 3.63) is 91.8 Å². The first-order valence-corrected chi connectivity index (χ1v) is 8.62. The summed E-state index contributed by atoms with van der Waals surface area (Å²) in [7, 11) is 0. The Labute approximate surface area is 160 Å². The van der Waals surface area contributed by atoms with Crippen LogP contribution >= 0.6 is 15.9 Å². The van der Waals surface area contributed by atoms with Crippen LogP contribution in [0.4, 0.5) is 23.2 Å². The molecule has 3 aromatic rings. The van der Waals surface area contributed by atoms with Gasteiger partial charge in [-0.3, -0.25) is 9.36 Å². The van der Waals surface area contributed by atoms with Crippen molar-refractivity contribution in [2.24, 2.45) is 0 Å². The van der Waals surface area contributed by atoms with Gasteiger partial charge in [0.25, 0.3) is 5.56 Å². The number of hydrogen-bond acceptors (Lipinski definition) is 2. The van der Waals surface area contributed by atoms with Gasteiger partial charge in [0.15, 0.2) is 0 Å². The third kappa shape index (κ3) is 3.90. The van der Waals surface area contributed by atoms with E-state index in [4.69, 9.17) is 0 Å². The number of para-hydroxylation sites is 1. The van der Waals surface area contributed by atoms with Crippen LogP contribution in [0.2, 0.25) is 0 Å². The quantitative estimate of drug-likeness (QED) is 0.574. The minimum atomic E-state index is -0.863. The number of aryl methyl sites for hydroxylation is 1. The van der Waals surface area contributed by atoms with E-state index in [1.165, 1.54) is 19.1 Å². The summed E-state index contributed by atoms with van der Waals surface area (Å²) in [5.74, 6) is -3.18. The molecule has 0 saturated carbocycles. The fourth-order valence-electron chi connectivity index (χ4n) is 2.73. The van der Waals surface area contributed by atoms with Crippen molar-refractivity contribution in [1.29, 1.82) is 0 Å². The fourth-order valence-corrected chi connectivity index (χ4v) is 3.27. The molecule has 0 aliphatic carbocycles. The maximum Gasteiger partial charge on any atom is 0.257 e. The molecule has 3 rings (SSSR count). The van der Waals surface area contributed by atoms with Gasteiger partial charge < -0.3 is 5.32 Å². The zero-order valence-electron chi connectivity index (χ0n) is 14.0. The van der Waals surface area contributed by atoms with Crippen LogP contribution in [0.5, 0.6) is 0 Å². The molecule has 0 aliphatic heterocycles. The Morgan fingerprint density at radius 2 is 1.67 bits per heavy atom. The standard InChI is InChI=1S/C19H13BrF4N2O/c1-10-5-12(25-9-13-14(20)6-11(21)7-17(13)24)8-18(27)26(10)19-15(22)3-2-4-16(19)23/h2-8,25H,9H2,1H3. The van der Waals surface area contributed by atoms with E-state index in [9.17, 15) is 22.4 Å². The summed E-state index contributed by atoms with van der Waals surface area (Å²) in [5, 5.41) is 2.86. The summed E-state index contributed by atoms with van der Waals surface area (Å²) in [6, 6.07) is 7.86. The number of halogens is 5. The smallest absolute Gasteiger partial charge is 0.257 e. The van der Waals surface area contributed by atoms with E-state index in [0.717, 1.165) is 34.9 Å². The Bertz CT molecular complexity index is 1040. The molecule has 0 aliphatic rings. The molecular weight excluding hydrogens is 428 g/mol. The molecule has 1 heterocycles. The van der Waals surface area contributed by atoms with Gasteiger partial charge in [0.2, 0.25) is 0 Å². The zero-order valence-corrected chi connectivity index (χ0v) is 15.6. The van der Waals surface area contributed by atoms with Gasteiger partial charge in [0, 0.05) is 40.1 Å². The molecule has 140 valence electrons. The molecule has 1 aromatic heterocycles. The molecule has 8 heteroatoms. The molecule has 0 unspecified atom stereocenters. The lowest BCUT2D eigenvalue weighted by atomic mass is 10.2. The predicted octanol–water partition coefficient (Wildman–Crippen LogP) is 5.08. The summed E-state index contributed by atoms with van der Waals surface area (Å²) in [6.07, 6.45) is 0. The van der Waals surface area contributed by atoms with Gasteiger partial charge in [-0.2, -0.15) is 0 Å². The SMILES string of the molecule is Cc1cc(NCc2c(F)cc(F)cc2Br)cc(=O)n1-c1c(F)cccc1F. The van der Waals surface area contributed by atoms with E-state index in [-0.39, 0.29) is 22.3 Å². The average Bonchev–Trinajstić information content (AvgIpc) is 2.56. The van der Waals surface area contributed by atoms with Gasteiger partial charge in [-0.05, 0) is 31.2 Å². The van der Waals surface area contributed by atoms with E-state index in [1.54, 1.807) is 0 Å². The van der Waals surface area contributed by atoms with E-state index >= 15 is 0 Å². The molecule has 0 radical (unpaired) electrons. The van der Waals surface area contributed by atoms with Crippen molar-refractivity contribution < 1.29 is 17.6 Å². The van der Waals surface area contributed by atoms with Crippen molar-refractivity contribution in [1.82, 2.24) is 4.57 Å². The highest BCUT2D eigenvalue weighted by molar-refractivity contribution is 9.10. The first-order valence-electron chi connectivity index (χ1n) is 7.83. The molecule has 0 spiro atoms. The lowest BCUT2D eigenvalue weighted by Crippen LogP contribution is -2.22. The molecule has 3 nitrogen and oxygen atoms in total. The third-order valence-corrected chi connectivity index (χ3v) is 4.66. The first-order chi connectivity index (χ1) is 12.8. The summed E-state index contributed by atoms with van der Waals surface area (Å²) in [4.78, 5) is 12.4. The van der Waals surface area contributed by atoms with Crippen LogP contribution in [0.1, 0.15) is 11.3 Å². The van der Waals surface area contributed by atoms with Gasteiger partial charge in [-0.1, -0.05) is 22.0 Å². The minimum absolute atomic E-state index is 0.0242. The Hall–Kier alpha value is -2.61. The van der Waals surface area contributed by atoms with Crippen LogP contribution in [0.3, 0.4) is 0 Å². The maximum absolute atomic E-state index is 14.0. The zero-order chi connectivity index (χ0) is 19.7. The second kappa shape index (κ2) is 7.56. The number of hydrogen-bond donors (Lipinski definition) is 1. The van der Waals surface area contributed by atoms with Gasteiger partial charge in [0.1, 0.15) is 29.0 Å². The average molecular weight is 441 g/mol. The summed E-state index contributed by atoms with van der Waals surface area (Å²) in [6.45, 7) is 1.50. The Kier molecular flexibility index (Phi) is 5.36. The number of nitrogens with one attached hydrogen (secondary N) is 1. The number of rotatable bonds is 4. The van der Waals surface area contributed by atoms with Crippen molar-refractivity contribution >= 4 is 21.6 Å². The van der Waals surface area contributed by atoms with Gasteiger partial charge in [0.05, 0.1) is 0 Å². The van der Waals surface area contributed by atoms with Crippen molar-refractivity contribution in [2.45, 2.75) is 13.5 Å². The summed E-state index contributed by atoms with van der Waals surface area (Å²) >= 11 is 3.09. The topological polar surface area (TPSA) is 34.0 Å². The first kappa shape index (κ1) is 19.2. The van der Waals surface area contributed by atoms with Gasteiger partial charge >= 0.3 is 0 Å². The number of anilines is 1. The third-order valence-electron chi connectivity index (χ3n) is 3.95. The summed E-state index contributed by atoms with van der Waals surface area (Å²) < 4.78 is 56.2. The van der Waals surface area contributed by atoms with Crippen LogP contribution in [-0.2, 0) is 6.54 Å². The summed E-state index contributed by atoms with van der Waals surface area (Å²) in [5.41, 5.74) is -0.314. The molecule has 0 atom stereocenters. The highest BCUT2D eigenvalue weighted by Gasteiger charge is 2.15. The molecule has 1 N–H and O–H groups in total. The van der Waals surface area contributed by atoms with Crippen LogP contribution in [0.25, 0.3) is 5.69 Å². The lowest BCUT2D eigenvalue weighted by molar-refractivity contribution is 0.564. The molecule has 0 bridgehead atoms. The molecule has 2 aromatic carbocycles. The number of benzene rings is 2. The minimum Gasteiger partial charge on any atom is -0.381 e.